The maximum atomic E-state index is 9.37. The van der Waals surface area contributed by atoms with Gasteiger partial charge in [0.05, 0.1) is 11.3 Å². The molecule has 0 aliphatic carbocycles. The summed E-state index contributed by atoms with van der Waals surface area (Å²) in [6.07, 6.45) is 1.94. The number of piperazine rings is 1. The minimum Gasteiger partial charge on any atom is -0.301 e. The van der Waals surface area contributed by atoms with E-state index >= 15 is 0 Å². The lowest BCUT2D eigenvalue weighted by atomic mass is 9.88. The number of nitrogens with zero attached hydrogens (tertiary/aromatic N) is 4. The Bertz CT molecular complexity index is 517. The quantitative estimate of drug-likeness (QED) is 0.855. The zero-order valence-corrected chi connectivity index (χ0v) is 13.7. The molecule has 1 aliphatic rings. The molecule has 0 bridgehead atoms. The van der Waals surface area contributed by atoms with E-state index < -0.39 is 0 Å². The molecule has 1 fully saturated rings. The van der Waals surface area contributed by atoms with Gasteiger partial charge in [-0.3, -0.25) is 9.88 Å². The lowest BCUT2D eigenvalue weighted by Gasteiger charge is -2.34. The van der Waals surface area contributed by atoms with Crippen molar-refractivity contribution in [1.29, 1.82) is 5.26 Å². The number of hydrogen-bond donors (Lipinski definition) is 0. The molecule has 2 heterocycles. The van der Waals surface area contributed by atoms with E-state index in [1.54, 1.807) is 0 Å². The van der Waals surface area contributed by atoms with Crippen LogP contribution in [0.1, 0.15) is 44.5 Å². The first-order chi connectivity index (χ1) is 9.94. The number of likely N-dealkylation sites (N-methyl/N-ethyl adjacent to an activating group) is 1. The first kappa shape index (κ1) is 15.9. The molecule has 0 saturated carbocycles. The normalized spacial score (nSPS) is 17.7. The van der Waals surface area contributed by atoms with Crippen molar-refractivity contribution in [3.05, 3.63) is 29.1 Å². The Morgan fingerprint density at radius 1 is 1.19 bits per heavy atom. The molecule has 0 spiro atoms. The molecule has 0 unspecified atom stereocenters. The maximum absolute atomic E-state index is 9.37. The minimum absolute atomic E-state index is 0.0870. The Morgan fingerprint density at radius 3 is 2.33 bits per heavy atom. The van der Waals surface area contributed by atoms with Gasteiger partial charge < -0.3 is 4.90 Å². The molecule has 114 valence electrons. The Labute approximate surface area is 128 Å². The fraction of sp³-hybridized carbons (Fsp3) is 0.647. The second-order valence-electron chi connectivity index (χ2n) is 6.81. The molecular formula is C17H26N4. The molecule has 1 aromatic rings. The number of rotatable bonds is 3. The topological polar surface area (TPSA) is 43.2 Å². The highest BCUT2D eigenvalue weighted by molar-refractivity contribution is 5.39. The first-order valence-electron chi connectivity index (χ1n) is 7.78. The largest absolute Gasteiger partial charge is 0.301 e. The second-order valence-corrected chi connectivity index (χ2v) is 6.81. The van der Waals surface area contributed by atoms with Crippen LogP contribution < -0.4 is 0 Å². The van der Waals surface area contributed by atoms with Crippen LogP contribution in [0.3, 0.4) is 0 Å². The molecule has 1 aliphatic heterocycles. The number of aromatic nitrogens is 1. The van der Waals surface area contributed by atoms with Crippen molar-refractivity contribution in [3.8, 4) is 6.07 Å². The van der Waals surface area contributed by atoms with Crippen molar-refractivity contribution >= 4 is 0 Å². The van der Waals surface area contributed by atoms with E-state index in [1.807, 2.05) is 12.3 Å². The molecule has 1 saturated heterocycles. The SMILES string of the molecule is CCN1CCN(Cc2cnc(C(C)(C)C)c(C#N)c2)CC1. The van der Waals surface area contributed by atoms with E-state index in [0.29, 0.717) is 5.56 Å². The third-order valence-electron chi connectivity index (χ3n) is 4.09. The summed E-state index contributed by atoms with van der Waals surface area (Å²) in [7, 11) is 0. The van der Waals surface area contributed by atoms with Crippen molar-refractivity contribution in [3.63, 3.8) is 0 Å². The van der Waals surface area contributed by atoms with E-state index in [9.17, 15) is 5.26 Å². The predicted molar refractivity (Wildman–Crippen MR) is 85.0 cm³/mol. The highest BCUT2D eigenvalue weighted by Gasteiger charge is 2.21. The third kappa shape index (κ3) is 4.03. The van der Waals surface area contributed by atoms with Crippen molar-refractivity contribution in [2.45, 2.75) is 39.7 Å². The molecule has 0 amide bonds. The molecule has 0 atom stereocenters. The van der Waals surface area contributed by atoms with Crippen LogP contribution in [-0.2, 0) is 12.0 Å². The highest BCUT2D eigenvalue weighted by atomic mass is 15.3. The average Bonchev–Trinajstić information content (AvgIpc) is 2.46. The molecule has 0 radical (unpaired) electrons. The Morgan fingerprint density at radius 2 is 1.81 bits per heavy atom. The van der Waals surface area contributed by atoms with Gasteiger partial charge in [-0.05, 0) is 18.2 Å². The van der Waals surface area contributed by atoms with Crippen LogP contribution in [0.15, 0.2) is 12.3 Å². The third-order valence-corrected chi connectivity index (χ3v) is 4.09. The summed E-state index contributed by atoms with van der Waals surface area (Å²) >= 11 is 0. The lowest BCUT2D eigenvalue weighted by Crippen LogP contribution is -2.45. The van der Waals surface area contributed by atoms with Crippen LogP contribution in [-0.4, -0.2) is 47.5 Å². The van der Waals surface area contributed by atoms with Gasteiger partial charge in [-0.15, -0.1) is 0 Å². The van der Waals surface area contributed by atoms with Gasteiger partial charge in [0.25, 0.3) is 0 Å². The molecular weight excluding hydrogens is 260 g/mol. The maximum Gasteiger partial charge on any atom is 0.101 e. The molecule has 21 heavy (non-hydrogen) atoms. The van der Waals surface area contributed by atoms with Gasteiger partial charge in [0.2, 0.25) is 0 Å². The van der Waals surface area contributed by atoms with E-state index in [4.69, 9.17) is 0 Å². The molecule has 4 nitrogen and oxygen atoms in total. The summed E-state index contributed by atoms with van der Waals surface area (Å²) in [6, 6.07) is 4.32. The lowest BCUT2D eigenvalue weighted by molar-refractivity contribution is 0.132. The summed E-state index contributed by atoms with van der Waals surface area (Å²) in [6.45, 7) is 15.0. The van der Waals surface area contributed by atoms with Gasteiger partial charge in [-0.2, -0.15) is 5.26 Å². The van der Waals surface area contributed by atoms with Gasteiger partial charge >= 0.3 is 0 Å². The van der Waals surface area contributed by atoms with E-state index in [-0.39, 0.29) is 5.41 Å². The Kier molecular flexibility index (Phi) is 4.97. The second kappa shape index (κ2) is 6.55. The van der Waals surface area contributed by atoms with Crippen molar-refractivity contribution < 1.29 is 0 Å². The smallest absolute Gasteiger partial charge is 0.101 e. The first-order valence-corrected chi connectivity index (χ1v) is 7.78. The van der Waals surface area contributed by atoms with Gasteiger partial charge in [0, 0.05) is 44.3 Å². The zero-order chi connectivity index (χ0) is 15.5. The van der Waals surface area contributed by atoms with E-state index in [1.165, 1.54) is 0 Å². The summed E-state index contributed by atoms with van der Waals surface area (Å²) < 4.78 is 0. The average molecular weight is 286 g/mol. The fourth-order valence-corrected chi connectivity index (χ4v) is 2.80. The summed E-state index contributed by atoms with van der Waals surface area (Å²) in [5, 5.41) is 9.37. The predicted octanol–water partition coefficient (Wildman–Crippen LogP) is 2.39. The zero-order valence-electron chi connectivity index (χ0n) is 13.7. The minimum atomic E-state index is -0.0870. The van der Waals surface area contributed by atoms with Gasteiger partial charge in [0.1, 0.15) is 6.07 Å². The highest BCUT2D eigenvalue weighted by Crippen LogP contribution is 2.24. The Hall–Kier alpha value is -1.44. The van der Waals surface area contributed by atoms with E-state index in [0.717, 1.165) is 50.5 Å². The fourth-order valence-electron chi connectivity index (χ4n) is 2.80. The summed E-state index contributed by atoms with van der Waals surface area (Å²) in [4.78, 5) is 9.47. The van der Waals surface area contributed by atoms with Crippen molar-refractivity contribution in [1.82, 2.24) is 14.8 Å². The van der Waals surface area contributed by atoms with Crippen LogP contribution in [0.4, 0.5) is 0 Å². The van der Waals surface area contributed by atoms with Gasteiger partial charge in [-0.25, -0.2) is 0 Å². The molecule has 0 aromatic carbocycles. The van der Waals surface area contributed by atoms with Crippen molar-refractivity contribution in [2.24, 2.45) is 0 Å². The van der Waals surface area contributed by atoms with Crippen LogP contribution in [0.5, 0.6) is 0 Å². The van der Waals surface area contributed by atoms with Crippen LogP contribution in [0, 0.1) is 11.3 Å². The Balaban J connectivity index is 2.07. The molecule has 4 heteroatoms. The number of hydrogen-bond acceptors (Lipinski definition) is 4. The van der Waals surface area contributed by atoms with Crippen LogP contribution in [0.2, 0.25) is 0 Å². The molecule has 0 N–H and O–H groups in total. The molecule has 2 rings (SSSR count). The number of nitriles is 1. The summed E-state index contributed by atoms with van der Waals surface area (Å²) in [5.41, 5.74) is 2.66. The van der Waals surface area contributed by atoms with Crippen LogP contribution in [0.25, 0.3) is 0 Å². The summed E-state index contributed by atoms with van der Waals surface area (Å²) in [5.74, 6) is 0. The standard InChI is InChI=1S/C17H26N4/c1-5-20-6-8-21(9-7-20)13-14-10-15(11-18)16(19-12-14)17(2,3)4/h10,12H,5-9,13H2,1-4H3. The van der Waals surface area contributed by atoms with Crippen LogP contribution >= 0.6 is 0 Å². The van der Waals surface area contributed by atoms with Crippen molar-refractivity contribution in [2.75, 3.05) is 32.7 Å². The van der Waals surface area contributed by atoms with Gasteiger partial charge in [0.15, 0.2) is 0 Å². The molecule has 1 aromatic heterocycles. The van der Waals surface area contributed by atoms with E-state index in [2.05, 4.69) is 48.5 Å². The monoisotopic (exact) mass is 286 g/mol. The number of pyridine rings is 1. The van der Waals surface area contributed by atoms with Gasteiger partial charge in [-0.1, -0.05) is 27.7 Å².